The summed E-state index contributed by atoms with van der Waals surface area (Å²) in [5.41, 5.74) is 1.19. The van der Waals surface area contributed by atoms with Crippen LogP contribution >= 0.6 is 0 Å². The van der Waals surface area contributed by atoms with Crippen LogP contribution in [-0.2, 0) is 0 Å². The second-order valence-corrected chi connectivity index (χ2v) is 6.42. The molecule has 4 heteroatoms. The quantitative estimate of drug-likeness (QED) is 0.869. The zero-order valence-corrected chi connectivity index (χ0v) is 13.5. The molecule has 1 aliphatic rings. The average molecular weight is 293 g/mol. The monoisotopic (exact) mass is 293 g/mol. The van der Waals surface area contributed by atoms with E-state index in [1.807, 2.05) is 0 Å². The highest BCUT2D eigenvalue weighted by molar-refractivity contribution is 5.10. The third kappa shape index (κ3) is 4.01. The van der Waals surface area contributed by atoms with Crippen molar-refractivity contribution in [1.29, 1.82) is 0 Å². The maximum Gasteiger partial charge on any atom is 0.141 e. The molecular weight excluding hydrogens is 265 g/mol. The summed E-state index contributed by atoms with van der Waals surface area (Å²) in [6.45, 7) is 3.11. The molecule has 1 fully saturated rings. The molecule has 0 aliphatic heterocycles. The van der Waals surface area contributed by atoms with Crippen molar-refractivity contribution >= 4 is 0 Å². The first-order valence-electron chi connectivity index (χ1n) is 8.10. The van der Waals surface area contributed by atoms with E-state index in [0.29, 0.717) is 0 Å². The van der Waals surface area contributed by atoms with Crippen LogP contribution in [0.4, 0.5) is 4.39 Å². The minimum absolute atomic E-state index is 0.198. The van der Waals surface area contributed by atoms with Crippen LogP contribution in [-0.4, -0.2) is 36.1 Å². The molecule has 1 unspecified atom stereocenters. The number of aromatic nitrogens is 1. The predicted octanol–water partition coefficient (Wildman–Crippen LogP) is 3.53. The van der Waals surface area contributed by atoms with Crippen LogP contribution < -0.4 is 5.32 Å². The maximum absolute atomic E-state index is 13.0. The summed E-state index contributed by atoms with van der Waals surface area (Å²) in [7, 11) is 4.37. The first kappa shape index (κ1) is 16.4. The smallest absolute Gasteiger partial charge is 0.141 e. The Morgan fingerprint density at radius 1 is 1.29 bits per heavy atom. The Kier molecular flexibility index (Phi) is 5.71. The Labute approximate surface area is 127 Å². The summed E-state index contributed by atoms with van der Waals surface area (Å²) in [4.78, 5) is 6.61. The molecular formula is C17H28FN3. The van der Waals surface area contributed by atoms with E-state index in [-0.39, 0.29) is 17.4 Å². The molecule has 1 aromatic heterocycles. The number of rotatable bonds is 6. The Balaban J connectivity index is 2.02. The zero-order valence-electron chi connectivity index (χ0n) is 13.5. The molecule has 0 bridgehead atoms. The fraction of sp³-hybridized carbons (Fsp3) is 0.706. The van der Waals surface area contributed by atoms with Crippen LogP contribution in [0.25, 0.3) is 0 Å². The third-order valence-electron chi connectivity index (χ3n) is 4.93. The van der Waals surface area contributed by atoms with Crippen LogP contribution in [0.3, 0.4) is 0 Å². The zero-order chi connectivity index (χ0) is 15.3. The molecule has 118 valence electrons. The van der Waals surface area contributed by atoms with Crippen molar-refractivity contribution in [2.75, 3.05) is 20.6 Å². The fourth-order valence-corrected chi connectivity index (χ4v) is 3.36. The van der Waals surface area contributed by atoms with Gasteiger partial charge in [0.15, 0.2) is 0 Å². The van der Waals surface area contributed by atoms with Gasteiger partial charge in [0.05, 0.1) is 11.9 Å². The second-order valence-electron chi connectivity index (χ2n) is 6.42. The SMILES string of the molecule is CCC(NCC1(N(C)C)CCCCC1)c1ccc(F)cn1. The lowest BCUT2D eigenvalue weighted by Gasteiger charge is -2.44. The maximum atomic E-state index is 13.0. The van der Waals surface area contributed by atoms with Gasteiger partial charge < -0.3 is 10.2 Å². The Morgan fingerprint density at radius 3 is 2.52 bits per heavy atom. The molecule has 0 amide bonds. The van der Waals surface area contributed by atoms with Gasteiger partial charge in [-0.25, -0.2) is 4.39 Å². The average Bonchev–Trinajstić information content (AvgIpc) is 2.50. The molecule has 3 nitrogen and oxygen atoms in total. The number of hydrogen-bond donors (Lipinski definition) is 1. The van der Waals surface area contributed by atoms with Gasteiger partial charge in [0.25, 0.3) is 0 Å². The van der Waals surface area contributed by atoms with Gasteiger partial charge in [-0.2, -0.15) is 0 Å². The van der Waals surface area contributed by atoms with E-state index in [1.54, 1.807) is 6.07 Å². The van der Waals surface area contributed by atoms with E-state index >= 15 is 0 Å². The van der Waals surface area contributed by atoms with Crippen LogP contribution in [0.15, 0.2) is 18.3 Å². The normalized spacial score (nSPS) is 19.7. The molecule has 1 aliphatic carbocycles. The Bertz CT molecular complexity index is 424. The van der Waals surface area contributed by atoms with Crippen LogP contribution in [0.1, 0.15) is 57.2 Å². The summed E-state index contributed by atoms with van der Waals surface area (Å²) < 4.78 is 13.0. The van der Waals surface area contributed by atoms with Gasteiger partial charge in [0.2, 0.25) is 0 Å². The van der Waals surface area contributed by atoms with Crippen molar-refractivity contribution in [3.05, 3.63) is 29.8 Å². The topological polar surface area (TPSA) is 28.2 Å². The summed E-state index contributed by atoms with van der Waals surface area (Å²) in [6, 6.07) is 3.48. The van der Waals surface area contributed by atoms with Crippen LogP contribution in [0, 0.1) is 5.82 Å². The van der Waals surface area contributed by atoms with Gasteiger partial charge in [-0.15, -0.1) is 0 Å². The van der Waals surface area contributed by atoms with Crippen molar-refractivity contribution in [1.82, 2.24) is 15.2 Å². The summed E-state index contributed by atoms with van der Waals surface area (Å²) in [6.07, 6.45) is 8.74. The molecule has 1 saturated carbocycles. The lowest BCUT2D eigenvalue weighted by atomic mass is 9.80. The van der Waals surface area contributed by atoms with Crippen molar-refractivity contribution < 1.29 is 4.39 Å². The molecule has 0 radical (unpaired) electrons. The highest BCUT2D eigenvalue weighted by atomic mass is 19.1. The van der Waals surface area contributed by atoms with E-state index in [2.05, 4.69) is 36.2 Å². The first-order valence-corrected chi connectivity index (χ1v) is 8.10. The Morgan fingerprint density at radius 2 is 2.00 bits per heavy atom. The Hall–Kier alpha value is -1.00. The van der Waals surface area contributed by atoms with E-state index in [1.165, 1.54) is 44.4 Å². The van der Waals surface area contributed by atoms with Gasteiger partial charge >= 0.3 is 0 Å². The number of nitrogens with one attached hydrogen (secondary N) is 1. The van der Waals surface area contributed by atoms with E-state index in [9.17, 15) is 4.39 Å². The highest BCUT2D eigenvalue weighted by Gasteiger charge is 2.34. The van der Waals surface area contributed by atoms with Crippen LogP contribution in [0.2, 0.25) is 0 Å². The fourth-order valence-electron chi connectivity index (χ4n) is 3.36. The predicted molar refractivity (Wildman–Crippen MR) is 84.7 cm³/mol. The van der Waals surface area contributed by atoms with Gasteiger partial charge in [0, 0.05) is 18.1 Å². The number of nitrogens with zero attached hydrogens (tertiary/aromatic N) is 2. The number of pyridine rings is 1. The molecule has 1 heterocycles. The minimum atomic E-state index is -0.273. The lowest BCUT2D eigenvalue weighted by Crippen LogP contribution is -2.53. The van der Waals surface area contributed by atoms with E-state index in [4.69, 9.17) is 0 Å². The standard InChI is InChI=1S/C17H28FN3/c1-4-15(16-9-8-14(18)12-19-16)20-13-17(21(2)3)10-6-5-7-11-17/h8-9,12,15,20H,4-7,10-11,13H2,1-3H3. The van der Waals surface area contributed by atoms with E-state index < -0.39 is 0 Å². The van der Waals surface area contributed by atoms with Crippen molar-refractivity contribution in [2.45, 2.75) is 57.0 Å². The van der Waals surface area contributed by atoms with Crippen molar-refractivity contribution in [3.63, 3.8) is 0 Å². The van der Waals surface area contributed by atoms with Gasteiger partial charge in [-0.05, 0) is 45.5 Å². The van der Waals surface area contributed by atoms with Crippen LogP contribution in [0.5, 0.6) is 0 Å². The molecule has 1 aromatic rings. The number of halogens is 1. The third-order valence-corrected chi connectivity index (χ3v) is 4.93. The van der Waals surface area contributed by atoms with Gasteiger partial charge in [-0.1, -0.05) is 26.2 Å². The number of likely N-dealkylation sites (N-methyl/N-ethyl adjacent to an activating group) is 1. The van der Waals surface area contributed by atoms with Crippen molar-refractivity contribution in [3.8, 4) is 0 Å². The lowest BCUT2D eigenvalue weighted by molar-refractivity contribution is 0.0947. The molecule has 1 atom stereocenters. The second kappa shape index (κ2) is 7.32. The number of hydrogen-bond acceptors (Lipinski definition) is 3. The summed E-state index contributed by atoms with van der Waals surface area (Å²) in [5.74, 6) is -0.273. The highest BCUT2D eigenvalue weighted by Crippen LogP contribution is 2.32. The summed E-state index contributed by atoms with van der Waals surface area (Å²) in [5, 5.41) is 3.67. The molecule has 0 spiro atoms. The summed E-state index contributed by atoms with van der Waals surface area (Å²) >= 11 is 0. The molecule has 1 N–H and O–H groups in total. The molecule has 2 rings (SSSR count). The first-order chi connectivity index (χ1) is 10.1. The largest absolute Gasteiger partial charge is 0.307 e. The molecule has 0 aromatic carbocycles. The van der Waals surface area contributed by atoms with Gasteiger partial charge in [-0.3, -0.25) is 4.98 Å². The van der Waals surface area contributed by atoms with E-state index in [0.717, 1.165) is 18.7 Å². The molecule has 21 heavy (non-hydrogen) atoms. The van der Waals surface area contributed by atoms with Gasteiger partial charge in [0.1, 0.15) is 5.82 Å². The van der Waals surface area contributed by atoms with Crippen molar-refractivity contribution in [2.24, 2.45) is 0 Å². The minimum Gasteiger partial charge on any atom is -0.307 e. The molecule has 0 saturated heterocycles.